The number of halogens is 2. The van der Waals surface area contributed by atoms with Crippen LogP contribution in [0.25, 0.3) is 0 Å². The van der Waals surface area contributed by atoms with Crippen molar-refractivity contribution in [2.75, 3.05) is 26.1 Å². The summed E-state index contributed by atoms with van der Waals surface area (Å²) >= 11 is 9.14. The van der Waals surface area contributed by atoms with Crippen LogP contribution in [-0.4, -0.2) is 37.0 Å². The zero-order chi connectivity index (χ0) is 12.1. The molecule has 0 atom stereocenters. The molecule has 0 bridgehead atoms. The molecule has 1 aromatic rings. The quantitative estimate of drug-likeness (QED) is 0.667. The summed E-state index contributed by atoms with van der Waals surface area (Å²) in [5.41, 5.74) is 0.772. The molecule has 0 saturated heterocycles. The van der Waals surface area contributed by atoms with E-state index in [1.54, 1.807) is 14.2 Å². The number of hydrogen-bond donors (Lipinski definition) is 1. The van der Waals surface area contributed by atoms with E-state index in [0.29, 0.717) is 12.4 Å². The van der Waals surface area contributed by atoms with Crippen molar-refractivity contribution in [3.63, 3.8) is 0 Å². The van der Waals surface area contributed by atoms with Crippen LogP contribution in [0.15, 0.2) is 4.47 Å². The van der Waals surface area contributed by atoms with Crippen molar-refractivity contribution < 1.29 is 9.47 Å². The van der Waals surface area contributed by atoms with Gasteiger partial charge in [0.25, 0.3) is 0 Å². The molecule has 0 unspecified atom stereocenters. The van der Waals surface area contributed by atoms with Crippen molar-refractivity contribution in [3.05, 3.63) is 15.5 Å². The molecule has 1 rings (SSSR count). The summed E-state index contributed by atoms with van der Waals surface area (Å²) in [6.07, 6.45) is -0.332. The molecule has 1 N–H and O–H groups in total. The van der Waals surface area contributed by atoms with Crippen LogP contribution in [0.2, 0.25) is 5.28 Å². The molecular formula is C9H13BrClN3O2. The van der Waals surface area contributed by atoms with Gasteiger partial charge < -0.3 is 14.8 Å². The molecule has 5 nitrogen and oxygen atoms in total. The van der Waals surface area contributed by atoms with Gasteiger partial charge in [-0.3, -0.25) is 0 Å². The summed E-state index contributed by atoms with van der Waals surface area (Å²) < 4.78 is 10.9. The van der Waals surface area contributed by atoms with Crippen LogP contribution in [0.3, 0.4) is 0 Å². The topological polar surface area (TPSA) is 56.3 Å². The third kappa shape index (κ3) is 3.55. The van der Waals surface area contributed by atoms with Crippen LogP contribution >= 0.6 is 27.5 Å². The first-order chi connectivity index (χ1) is 7.58. The maximum absolute atomic E-state index is 5.76. The van der Waals surface area contributed by atoms with Gasteiger partial charge in [0.15, 0.2) is 6.29 Å². The molecule has 0 aliphatic rings. The summed E-state index contributed by atoms with van der Waals surface area (Å²) in [6.45, 7) is 2.31. The maximum atomic E-state index is 5.76. The Balaban J connectivity index is 2.73. The second-order valence-corrected chi connectivity index (χ2v) is 4.15. The number of nitrogens with zero attached hydrogens (tertiary/aromatic N) is 2. The molecule has 0 saturated carbocycles. The molecule has 0 aromatic carbocycles. The van der Waals surface area contributed by atoms with Gasteiger partial charge in [-0.1, -0.05) is 0 Å². The summed E-state index contributed by atoms with van der Waals surface area (Å²) in [5.74, 6) is 0.622. The lowest BCUT2D eigenvalue weighted by Gasteiger charge is -2.15. The summed E-state index contributed by atoms with van der Waals surface area (Å²) in [7, 11) is 3.15. The van der Waals surface area contributed by atoms with Crippen LogP contribution in [0.4, 0.5) is 5.82 Å². The van der Waals surface area contributed by atoms with Gasteiger partial charge in [-0.15, -0.1) is 0 Å². The van der Waals surface area contributed by atoms with Gasteiger partial charge in [0.1, 0.15) is 5.82 Å². The fraction of sp³-hybridized carbons (Fsp3) is 0.556. The number of aryl methyl sites for hydroxylation is 1. The van der Waals surface area contributed by atoms with E-state index in [-0.39, 0.29) is 11.6 Å². The number of hydrogen-bond acceptors (Lipinski definition) is 5. The Hall–Kier alpha value is -0.430. The normalized spacial score (nSPS) is 10.9. The average molecular weight is 311 g/mol. The van der Waals surface area contributed by atoms with Gasteiger partial charge in [-0.2, -0.15) is 4.98 Å². The highest BCUT2D eigenvalue weighted by molar-refractivity contribution is 9.10. The number of anilines is 1. The minimum Gasteiger partial charge on any atom is -0.364 e. The first-order valence-electron chi connectivity index (χ1n) is 4.57. The fourth-order valence-electron chi connectivity index (χ4n) is 1.09. The van der Waals surface area contributed by atoms with Gasteiger partial charge in [-0.05, 0) is 34.5 Å². The monoisotopic (exact) mass is 309 g/mol. The molecule has 0 aliphatic heterocycles. The van der Waals surface area contributed by atoms with Gasteiger partial charge in [0.05, 0.1) is 16.7 Å². The van der Waals surface area contributed by atoms with E-state index in [1.165, 1.54) is 0 Å². The van der Waals surface area contributed by atoms with Crippen LogP contribution < -0.4 is 5.32 Å². The second kappa shape index (κ2) is 6.34. The first-order valence-corrected chi connectivity index (χ1v) is 5.74. The molecular weight excluding hydrogens is 297 g/mol. The molecule has 1 heterocycles. The molecule has 1 aromatic heterocycles. The highest BCUT2D eigenvalue weighted by Crippen LogP contribution is 2.24. The standard InChI is InChI=1S/C9H13BrClN3O2/c1-5-7(10)8(14-9(11)13-5)12-4-6(15-2)16-3/h6H,4H2,1-3H3,(H,12,13,14). The van der Waals surface area contributed by atoms with Crippen molar-refractivity contribution in [2.24, 2.45) is 0 Å². The Morgan fingerprint density at radius 2 is 2.00 bits per heavy atom. The van der Waals surface area contributed by atoms with E-state index in [2.05, 4.69) is 31.2 Å². The third-order valence-electron chi connectivity index (χ3n) is 1.95. The van der Waals surface area contributed by atoms with Crippen LogP contribution in [-0.2, 0) is 9.47 Å². The molecule has 16 heavy (non-hydrogen) atoms. The number of methoxy groups -OCH3 is 2. The molecule has 0 amide bonds. The van der Waals surface area contributed by atoms with E-state index >= 15 is 0 Å². The van der Waals surface area contributed by atoms with Crippen molar-refractivity contribution in [2.45, 2.75) is 13.2 Å². The smallest absolute Gasteiger partial charge is 0.224 e. The molecule has 0 aliphatic carbocycles. The second-order valence-electron chi connectivity index (χ2n) is 3.02. The van der Waals surface area contributed by atoms with Gasteiger partial charge in [0.2, 0.25) is 5.28 Å². The zero-order valence-electron chi connectivity index (χ0n) is 9.25. The summed E-state index contributed by atoms with van der Waals surface area (Å²) in [6, 6.07) is 0. The highest BCUT2D eigenvalue weighted by Gasteiger charge is 2.10. The Kier molecular flexibility index (Phi) is 5.40. The number of ether oxygens (including phenoxy) is 2. The van der Waals surface area contributed by atoms with E-state index in [0.717, 1.165) is 10.2 Å². The van der Waals surface area contributed by atoms with Gasteiger partial charge >= 0.3 is 0 Å². The van der Waals surface area contributed by atoms with Crippen molar-refractivity contribution in [3.8, 4) is 0 Å². The number of aromatic nitrogens is 2. The van der Waals surface area contributed by atoms with Crippen molar-refractivity contribution in [1.82, 2.24) is 9.97 Å². The van der Waals surface area contributed by atoms with Crippen LogP contribution in [0.5, 0.6) is 0 Å². The number of nitrogens with one attached hydrogen (secondary N) is 1. The molecule has 0 fully saturated rings. The molecule has 0 spiro atoms. The number of rotatable bonds is 5. The van der Waals surface area contributed by atoms with E-state index < -0.39 is 0 Å². The maximum Gasteiger partial charge on any atom is 0.224 e. The Labute approximate surface area is 108 Å². The highest BCUT2D eigenvalue weighted by atomic mass is 79.9. The summed E-state index contributed by atoms with van der Waals surface area (Å²) in [4.78, 5) is 8.07. The SMILES string of the molecule is COC(CNc1nc(Cl)nc(C)c1Br)OC. The lowest BCUT2D eigenvalue weighted by atomic mass is 10.4. The first kappa shape index (κ1) is 13.6. The van der Waals surface area contributed by atoms with E-state index in [1.807, 2.05) is 6.92 Å². The minimum absolute atomic E-state index is 0.203. The minimum atomic E-state index is -0.332. The summed E-state index contributed by atoms with van der Waals surface area (Å²) in [5, 5.41) is 3.27. The molecule has 90 valence electrons. The molecule has 0 radical (unpaired) electrons. The largest absolute Gasteiger partial charge is 0.364 e. The van der Waals surface area contributed by atoms with Gasteiger partial charge in [0, 0.05) is 14.2 Å². The predicted octanol–water partition coefficient (Wildman–Crippen LogP) is 2.23. The Bertz CT molecular complexity index is 361. The van der Waals surface area contributed by atoms with E-state index in [4.69, 9.17) is 21.1 Å². The van der Waals surface area contributed by atoms with Crippen LogP contribution in [0, 0.1) is 6.92 Å². The Morgan fingerprint density at radius 3 is 2.56 bits per heavy atom. The Morgan fingerprint density at radius 1 is 1.38 bits per heavy atom. The van der Waals surface area contributed by atoms with Crippen molar-refractivity contribution >= 4 is 33.3 Å². The average Bonchev–Trinajstić information content (AvgIpc) is 2.26. The zero-order valence-corrected chi connectivity index (χ0v) is 11.6. The van der Waals surface area contributed by atoms with Crippen LogP contribution in [0.1, 0.15) is 5.69 Å². The van der Waals surface area contributed by atoms with Crippen molar-refractivity contribution in [1.29, 1.82) is 0 Å². The van der Waals surface area contributed by atoms with Gasteiger partial charge in [-0.25, -0.2) is 4.98 Å². The fourth-order valence-corrected chi connectivity index (χ4v) is 1.61. The predicted molar refractivity (Wildman–Crippen MR) is 65.8 cm³/mol. The lowest BCUT2D eigenvalue weighted by Crippen LogP contribution is -2.24. The molecule has 7 heteroatoms. The van der Waals surface area contributed by atoms with E-state index in [9.17, 15) is 0 Å². The lowest BCUT2D eigenvalue weighted by molar-refractivity contribution is -0.0914. The third-order valence-corrected chi connectivity index (χ3v) is 3.07.